The first-order chi connectivity index (χ1) is 13.6. The van der Waals surface area contributed by atoms with Crippen molar-refractivity contribution >= 4 is 47.2 Å². The van der Waals surface area contributed by atoms with Gasteiger partial charge in [0.05, 0.1) is 24.8 Å². The van der Waals surface area contributed by atoms with Crippen molar-refractivity contribution in [2.24, 2.45) is 4.99 Å². The van der Waals surface area contributed by atoms with E-state index in [4.69, 9.17) is 21.3 Å². The van der Waals surface area contributed by atoms with Crippen LogP contribution in [0, 0.1) is 0 Å². The van der Waals surface area contributed by atoms with Crippen LogP contribution in [0.4, 0.5) is 5.69 Å². The second-order valence-electron chi connectivity index (χ2n) is 8.08. The average Bonchev–Trinajstić information content (AvgIpc) is 3.31. The van der Waals surface area contributed by atoms with Crippen molar-refractivity contribution in [3.63, 3.8) is 0 Å². The third kappa shape index (κ3) is 5.48. The zero-order valence-electron chi connectivity index (χ0n) is 17.4. The molecule has 0 aromatic heterocycles. The van der Waals surface area contributed by atoms with Gasteiger partial charge in [-0.25, -0.2) is 4.99 Å². The lowest BCUT2D eigenvalue weighted by Crippen LogP contribution is -2.47. The Kier molecular flexibility index (Phi) is 8.30. The van der Waals surface area contributed by atoms with Gasteiger partial charge < -0.3 is 25.2 Å². The number of aliphatic imine (C=N–C) groups is 1. The number of ether oxygens (including phenoxy) is 1. The van der Waals surface area contributed by atoms with Crippen LogP contribution in [0.5, 0.6) is 0 Å². The fraction of sp³-hybridized carbons (Fsp3) is 0.667. The summed E-state index contributed by atoms with van der Waals surface area (Å²) in [4.78, 5) is 9.68. The highest BCUT2D eigenvalue weighted by molar-refractivity contribution is 14.0. The molecule has 6 nitrogen and oxygen atoms in total. The van der Waals surface area contributed by atoms with Gasteiger partial charge in [-0.15, -0.1) is 24.0 Å². The minimum Gasteiger partial charge on any atom is -0.373 e. The second-order valence-corrected chi connectivity index (χ2v) is 8.49. The smallest absolute Gasteiger partial charge is 0.191 e. The number of hydrogen-bond donors (Lipinski definition) is 2. The van der Waals surface area contributed by atoms with E-state index in [0.717, 1.165) is 62.1 Å². The van der Waals surface area contributed by atoms with Crippen molar-refractivity contribution in [2.45, 2.75) is 51.0 Å². The minimum atomic E-state index is 0. The number of likely N-dealkylation sites (N-methyl/N-ethyl adjacent to an activating group) is 1. The Morgan fingerprint density at radius 2 is 2.03 bits per heavy atom. The number of halogens is 2. The maximum atomic E-state index is 6.59. The van der Waals surface area contributed by atoms with Gasteiger partial charge in [0.15, 0.2) is 5.96 Å². The first kappa shape index (κ1) is 22.9. The number of hydrogen-bond acceptors (Lipinski definition) is 4. The Bertz CT molecular complexity index is 710. The Labute approximate surface area is 196 Å². The summed E-state index contributed by atoms with van der Waals surface area (Å²) in [6.07, 6.45) is 4.19. The van der Waals surface area contributed by atoms with Gasteiger partial charge in [-0.2, -0.15) is 0 Å². The quantitative estimate of drug-likeness (QED) is 0.346. The van der Waals surface area contributed by atoms with Crippen molar-refractivity contribution in [3.8, 4) is 0 Å². The van der Waals surface area contributed by atoms with Crippen LogP contribution in [0.15, 0.2) is 23.2 Å². The normalized spacial score (nSPS) is 27.1. The van der Waals surface area contributed by atoms with E-state index in [2.05, 4.69) is 40.5 Å². The van der Waals surface area contributed by atoms with E-state index in [1.165, 1.54) is 12.1 Å². The first-order valence-corrected chi connectivity index (χ1v) is 10.9. The summed E-state index contributed by atoms with van der Waals surface area (Å²) < 4.78 is 5.98. The van der Waals surface area contributed by atoms with Gasteiger partial charge in [-0.05, 0) is 45.4 Å². The van der Waals surface area contributed by atoms with E-state index in [0.29, 0.717) is 24.8 Å². The van der Waals surface area contributed by atoms with Gasteiger partial charge in [-0.1, -0.05) is 17.7 Å². The van der Waals surface area contributed by atoms with Gasteiger partial charge in [0.2, 0.25) is 0 Å². The molecule has 2 bridgehead atoms. The summed E-state index contributed by atoms with van der Waals surface area (Å²) in [5.41, 5.74) is 2.32. The van der Waals surface area contributed by atoms with Gasteiger partial charge in [0, 0.05) is 49.0 Å². The summed E-state index contributed by atoms with van der Waals surface area (Å²) in [6.45, 7) is 7.69. The largest absolute Gasteiger partial charge is 0.373 e. The second kappa shape index (κ2) is 10.5. The zero-order chi connectivity index (χ0) is 19.5. The molecule has 0 aliphatic carbocycles. The van der Waals surface area contributed by atoms with Gasteiger partial charge >= 0.3 is 0 Å². The monoisotopic (exact) mass is 533 g/mol. The Morgan fingerprint density at radius 1 is 1.24 bits per heavy atom. The molecular weight excluding hydrogens is 501 g/mol. The van der Waals surface area contributed by atoms with Gasteiger partial charge in [-0.3, -0.25) is 0 Å². The summed E-state index contributed by atoms with van der Waals surface area (Å²) in [7, 11) is 2.17. The van der Waals surface area contributed by atoms with E-state index in [1.807, 2.05) is 12.1 Å². The minimum absolute atomic E-state index is 0. The van der Waals surface area contributed by atoms with Crippen LogP contribution in [-0.2, 0) is 11.3 Å². The van der Waals surface area contributed by atoms with Gasteiger partial charge in [0.25, 0.3) is 0 Å². The SMILES string of the molecule is CCNC(=NCc1c(Cl)cccc1N1CCN(C)CC1)NC1CC2CCC1O2.I. The summed E-state index contributed by atoms with van der Waals surface area (Å²) in [5.74, 6) is 0.855. The molecule has 4 rings (SSSR count). The van der Waals surface area contributed by atoms with Crippen LogP contribution in [0.1, 0.15) is 31.7 Å². The van der Waals surface area contributed by atoms with E-state index in [1.54, 1.807) is 0 Å². The van der Waals surface area contributed by atoms with Crippen molar-refractivity contribution in [2.75, 3.05) is 44.7 Å². The topological polar surface area (TPSA) is 52.1 Å². The third-order valence-corrected chi connectivity index (χ3v) is 6.46. The number of rotatable bonds is 5. The molecule has 3 unspecified atom stereocenters. The van der Waals surface area contributed by atoms with Crippen molar-refractivity contribution < 1.29 is 4.74 Å². The molecule has 2 N–H and O–H groups in total. The van der Waals surface area contributed by atoms with E-state index in [9.17, 15) is 0 Å². The highest BCUT2D eigenvalue weighted by atomic mass is 127. The first-order valence-electron chi connectivity index (χ1n) is 10.5. The number of nitrogens with one attached hydrogen (secondary N) is 2. The highest BCUT2D eigenvalue weighted by Gasteiger charge is 2.41. The maximum Gasteiger partial charge on any atom is 0.191 e. The van der Waals surface area contributed by atoms with E-state index < -0.39 is 0 Å². The lowest BCUT2D eigenvalue weighted by atomic mass is 9.96. The Hall–Kier alpha value is -0.770. The third-order valence-electron chi connectivity index (χ3n) is 6.11. The zero-order valence-corrected chi connectivity index (χ0v) is 20.5. The van der Waals surface area contributed by atoms with Crippen LogP contribution in [0.3, 0.4) is 0 Å². The Balaban J connectivity index is 0.00000240. The highest BCUT2D eigenvalue weighted by Crippen LogP contribution is 2.34. The molecule has 1 aromatic carbocycles. The van der Waals surface area contributed by atoms with Crippen LogP contribution in [-0.4, -0.2) is 68.9 Å². The van der Waals surface area contributed by atoms with Crippen molar-refractivity contribution in [1.29, 1.82) is 0 Å². The molecular formula is C21H33ClIN5O. The van der Waals surface area contributed by atoms with Gasteiger partial charge in [0.1, 0.15) is 0 Å². The number of benzene rings is 1. The molecule has 0 spiro atoms. The number of nitrogens with zero attached hydrogens (tertiary/aromatic N) is 3. The molecule has 3 atom stereocenters. The fourth-order valence-corrected chi connectivity index (χ4v) is 4.72. The fourth-order valence-electron chi connectivity index (χ4n) is 4.49. The molecule has 0 radical (unpaired) electrons. The van der Waals surface area contributed by atoms with Crippen molar-refractivity contribution in [3.05, 3.63) is 28.8 Å². The van der Waals surface area contributed by atoms with Crippen LogP contribution < -0.4 is 15.5 Å². The van der Waals surface area contributed by atoms with E-state index in [-0.39, 0.29) is 24.0 Å². The maximum absolute atomic E-state index is 6.59. The number of anilines is 1. The van der Waals surface area contributed by atoms with E-state index >= 15 is 0 Å². The summed E-state index contributed by atoms with van der Waals surface area (Å²) in [5, 5.41) is 7.77. The van der Waals surface area contributed by atoms with Crippen molar-refractivity contribution in [1.82, 2.24) is 15.5 Å². The Morgan fingerprint density at radius 3 is 2.69 bits per heavy atom. The van der Waals surface area contributed by atoms with Crippen LogP contribution in [0.2, 0.25) is 5.02 Å². The lowest BCUT2D eigenvalue weighted by Gasteiger charge is -2.35. The summed E-state index contributed by atoms with van der Waals surface area (Å²) >= 11 is 6.59. The number of fused-ring (bicyclic) bond motifs is 2. The molecule has 3 aliphatic heterocycles. The molecule has 0 amide bonds. The van der Waals surface area contributed by atoms with Crippen LogP contribution in [0.25, 0.3) is 0 Å². The molecule has 3 fully saturated rings. The molecule has 29 heavy (non-hydrogen) atoms. The molecule has 162 valence electrons. The number of guanidine groups is 1. The predicted molar refractivity (Wildman–Crippen MR) is 131 cm³/mol. The molecule has 3 heterocycles. The molecule has 3 saturated heterocycles. The van der Waals surface area contributed by atoms with Crippen LogP contribution >= 0.6 is 35.6 Å². The predicted octanol–water partition coefficient (Wildman–Crippen LogP) is 3.08. The molecule has 1 aromatic rings. The molecule has 3 aliphatic rings. The summed E-state index contributed by atoms with van der Waals surface area (Å²) in [6, 6.07) is 6.54. The lowest BCUT2D eigenvalue weighted by molar-refractivity contribution is 0.0992. The molecule has 0 saturated carbocycles. The number of piperazine rings is 1. The molecule has 8 heteroatoms. The standard InChI is InChI=1S/C21H32ClN5O.HI/c1-3-23-21(25-18-13-15-7-8-20(18)28-15)24-14-16-17(22)5-4-6-19(16)27-11-9-26(2)10-12-27;/h4-6,15,18,20H,3,7-14H2,1-2H3,(H2,23,24,25);1H. The average molecular weight is 534 g/mol.